The zero-order valence-corrected chi connectivity index (χ0v) is 13.1. The Morgan fingerprint density at radius 1 is 1.22 bits per heavy atom. The van der Waals surface area contributed by atoms with Gasteiger partial charge < -0.3 is 19.3 Å². The van der Waals surface area contributed by atoms with Gasteiger partial charge in [0.2, 0.25) is 6.79 Å². The van der Waals surface area contributed by atoms with Crippen molar-refractivity contribution in [1.29, 1.82) is 0 Å². The van der Waals surface area contributed by atoms with E-state index >= 15 is 0 Å². The second-order valence-corrected chi connectivity index (χ2v) is 6.56. The first-order chi connectivity index (χ1) is 11.2. The number of hydrogen-bond acceptors (Lipinski definition) is 5. The molecular formula is C18H19NO4. The van der Waals surface area contributed by atoms with E-state index in [1.165, 1.54) is 5.56 Å². The molecule has 1 N–H and O–H groups in total. The Hall–Kier alpha value is -2.14. The Morgan fingerprint density at radius 3 is 2.87 bits per heavy atom. The summed E-state index contributed by atoms with van der Waals surface area (Å²) < 4.78 is 16.5. The number of rotatable bonds is 1. The SMILES string of the molecule is COC1=C[C@]23CCCN2CCc2cc4c(cc2C3=C1O)OCO4. The van der Waals surface area contributed by atoms with E-state index in [4.69, 9.17) is 14.2 Å². The molecule has 1 aromatic rings. The average Bonchev–Trinajstić information content (AvgIpc) is 3.21. The number of ether oxygens (including phenoxy) is 3. The van der Waals surface area contributed by atoms with Crippen LogP contribution in [0.25, 0.3) is 5.57 Å². The lowest BCUT2D eigenvalue weighted by Crippen LogP contribution is -2.41. The molecule has 0 unspecified atom stereocenters. The lowest BCUT2D eigenvalue weighted by atomic mass is 9.84. The lowest BCUT2D eigenvalue weighted by Gasteiger charge is -2.34. The van der Waals surface area contributed by atoms with Gasteiger partial charge in [0.05, 0.1) is 12.6 Å². The van der Waals surface area contributed by atoms with Crippen LogP contribution >= 0.6 is 0 Å². The van der Waals surface area contributed by atoms with Crippen molar-refractivity contribution in [1.82, 2.24) is 4.90 Å². The molecule has 4 aliphatic rings. The van der Waals surface area contributed by atoms with Crippen molar-refractivity contribution in [3.8, 4) is 11.5 Å². The van der Waals surface area contributed by atoms with Gasteiger partial charge in [-0.1, -0.05) is 0 Å². The minimum absolute atomic E-state index is 0.242. The quantitative estimate of drug-likeness (QED) is 0.864. The van der Waals surface area contributed by atoms with Crippen LogP contribution < -0.4 is 9.47 Å². The first-order valence-corrected chi connectivity index (χ1v) is 8.12. The maximum Gasteiger partial charge on any atom is 0.231 e. The fraction of sp³-hybridized carbons (Fsp3) is 0.444. The topological polar surface area (TPSA) is 51.2 Å². The number of fused-ring (bicyclic) bond motifs is 3. The summed E-state index contributed by atoms with van der Waals surface area (Å²) in [4.78, 5) is 2.47. The molecule has 3 heterocycles. The van der Waals surface area contributed by atoms with Crippen molar-refractivity contribution in [2.75, 3.05) is 27.0 Å². The highest BCUT2D eigenvalue weighted by molar-refractivity contribution is 5.86. The molecule has 3 aliphatic heterocycles. The van der Waals surface area contributed by atoms with Crippen molar-refractivity contribution in [2.45, 2.75) is 24.8 Å². The maximum absolute atomic E-state index is 10.8. The summed E-state index contributed by atoms with van der Waals surface area (Å²) in [6.45, 7) is 2.28. The molecule has 1 aliphatic carbocycles. The Labute approximate surface area is 134 Å². The Kier molecular flexibility index (Phi) is 2.57. The second-order valence-electron chi connectivity index (χ2n) is 6.56. The highest BCUT2D eigenvalue weighted by Crippen LogP contribution is 2.53. The molecule has 1 atom stereocenters. The molecule has 1 aromatic carbocycles. The van der Waals surface area contributed by atoms with Gasteiger partial charge in [0.25, 0.3) is 0 Å². The number of benzene rings is 1. The van der Waals surface area contributed by atoms with E-state index in [2.05, 4.69) is 17.0 Å². The van der Waals surface area contributed by atoms with Crippen LogP contribution in [-0.2, 0) is 11.2 Å². The number of aliphatic hydroxyl groups is 1. The fourth-order valence-corrected chi connectivity index (χ4v) is 4.54. The number of nitrogens with zero attached hydrogens (tertiary/aromatic N) is 1. The molecule has 0 amide bonds. The van der Waals surface area contributed by atoms with Crippen LogP contribution in [0.3, 0.4) is 0 Å². The third-order valence-corrected chi connectivity index (χ3v) is 5.56. The standard InChI is InChI=1S/C18H19NO4/c1-21-15-9-18-4-2-5-19(18)6-3-11-7-13-14(23-10-22-13)8-12(11)16(18)17(15)20/h7-9,20H,2-6,10H2,1H3/t18-/m0/s1. The highest BCUT2D eigenvalue weighted by Gasteiger charge is 2.51. The van der Waals surface area contributed by atoms with E-state index < -0.39 is 0 Å². The van der Waals surface area contributed by atoms with Crippen molar-refractivity contribution < 1.29 is 19.3 Å². The summed E-state index contributed by atoms with van der Waals surface area (Å²) in [5.74, 6) is 2.41. The molecule has 0 aromatic heterocycles. The van der Waals surface area contributed by atoms with Gasteiger partial charge in [0, 0.05) is 12.1 Å². The third-order valence-electron chi connectivity index (χ3n) is 5.56. The van der Waals surface area contributed by atoms with Crippen LogP contribution in [0.15, 0.2) is 29.7 Å². The van der Waals surface area contributed by atoms with Gasteiger partial charge in [0.1, 0.15) is 0 Å². The molecule has 23 heavy (non-hydrogen) atoms. The van der Waals surface area contributed by atoms with E-state index in [1.807, 2.05) is 6.07 Å². The molecule has 5 rings (SSSR count). The minimum atomic E-state index is -0.242. The third kappa shape index (κ3) is 1.60. The van der Waals surface area contributed by atoms with Crippen LogP contribution in [-0.4, -0.2) is 42.5 Å². The molecule has 5 heteroatoms. The maximum atomic E-state index is 10.8. The van der Waals surface area contributed by atoms with Gasteiger partial charge in [0.15, 0.2) is 23.0 Å². The second kappa shape index (κ2) is 4.45. The largest absolute Gasteiger partial charge is 0.504 e. The van der Waals surface area contributed by atoms with Crippen molar-refractivity contribution in [2.24, 2.45) is 0 Å². The van der Waals surface area contributed by atoms with Crippen molar-refractivity contribution in [3.63, 3.8) is 0 Å². The average molecular weight is 313 g/mol. The molecule has 0 radical (unpaired) electrons. The zero-order chi connectivity index (χ0) is 15.6. The van der Waals surface area contributed by atoms with Gasteiger partial charge in [-0.2, -0.15) is 0 Å². The molecular weight excluding hydrogens is 294 g/mol. The Balaban J connectivity index is 1.77. The van der Waals surface area contributed by atoms with Gasteiger partial charge in [-0.15, -0.1) is 0 Å². The van der Waals surface area contributed by atoms with Gasteiger partial charge in [-0.05, 0) is 55.1 Å². The normalized spacial score (nSPS) is 28.1. The summed E-state index contributed by atoms with van der Waals surface area (Å²) >= 11 is 0. The molecule has 5 nitrogen and oxygen atoms in total. The lowest BCUT2D eigenvalue weighted by molar-refractivity contribution is 0.174. The van der Waals surface area contributed by atoms with Crippen LogP contribution in [0, 0.1) is 0 Å². The molecule has 120 valence electrons. The predicted molar refractivity (Wildman–Crippen MR) is 84.4 cm³/mol. The van der Waals surface area contributed by atoms with E-state index in [0.29, 0.717) is 5.76 Å². The number of hydrogen-bond donors (Lipinski definition) is 1. The molecule has 1 fully saturated rings. The van der Waals surface area contributed by atoms with E-state index in [0.717, 1.165) is 55.0 Å². The summed E-state index contributed by atoms with van der Waals surface area (Å²) in [5, 5.41) is 10.8. The van der Waals surface area contributed by atoms with E-state index in [-0.39, 0.29) is 18.1 Å². The van der Waals surface area contributed by atoms with Crippen molar-refractivity contribution in [3.05, 3.63) is 40.9 Å². The molecule has 1 spiro atoms. The predicted octanol–water partition coefficient (Wildman–Crippen LogP) is 2.62. The summed E-state index contributed by atoms with van der Waals surface area (Å²) in [6, 6.07) is 4.10. The highest BCUT2D eigenvalue weighted by atomic mass is 16.7. The van der Waals surface area contributed by atoms with Gasteiger partial charge in [-0.3, -0.25) is 4.90 Å². The number of aliphatic hydroxyl groups excluding tert-OH is 1. The summed E-state index contributed by atoms with van der Waals surface area (Å²) in [5.41, 5.74) is 3.00. The molecule has 0 saturated carbocycles. The summed E-state index contributed by atoms with van der Waals surface area (Å²) in [6.07, 6.45) is 5.18. The number of methoxy groups -OCH3 is 1. The first kappa shape index (κ1) is 13.3. The first-order valence-electron chi connectivity index (χ1n) is 8.12. The Morgan fingerprint density at radius 2 is 2.04 bits per heavy atom. The van der Waals surface area contributed by atoms with E-state index in [9.17, 15) is 5.11 Å². The zero-order valence-electron chi connectivity index (χ0n) is 13.1. The minimum Gasteiger partial charge on any atom is -0.504 e. The van der Waals surface area contributed by atoms with Gasteiger partial charge in [-0.25, -0.2) is 0 Å². The molecule has 0 bridgehead atoms. The monoisotopic (exact) mass is 313 g/mol. The smallest absolute Gasteiger partial charge is 0.231 e. The van der Waals surface area contributed by atoms with E-state index in [1.54, 1.807) is 7.11 Å². The van der Waals surface area contributed by atoms with Crippen LogP contribution in [0.5, 0.6) is 11.5 Å². The van der Waals surface area contributed by atoms with Crippen LogP contribution in [0.4, 0.5) is 0 Å². The molecule has 1 saturated heterocycles. The Bertz CT molecular complexity index is 767. The van der Waals surface area contributed by atoms with Crippen LogP contribution in [0.1, 0.15) is 24.0 Å². The van der Waals surface area contributed by atoms with Crippen LogP contribution in [0.2, 0.25) is 0 Å². The van der Waals surface area contributed by atoms with Gasteiger partial charge >= 0.3 is 0 Å². The summed E-state index contributed by atoms with van der Waals surface area (Å²) in [7, 11) is 1.62. The fourth-order valence-electron chi connectivity index (χ4n) is 4.54. The van der Waals surface area contributed by atoms with Crippen molar-refractivity contribution >= 4 is 5.57 Å².